The molecule has 1 N–H and O–H groups in total. The molecular weight excluding hydrogens is 219 g/mol. The summed E-state index contributed by atoms with van der Waals surface area (Å²) in [7, 11) is 0. The van der Waals surface area contributed by atoms with Crippen molar-refractivity contribution >= 4 is 17.6 Å². The minimum absolute atomic E-state index is 0.0235. The van der Waals surface area contributed by atoms with Crippen molar-refractivity contribution in [3.63, 3.8) is 0 Å². The second-order valence-corrected chi connectivity index (χ2v) is 4.41. The molecule has 0 heterocycles. The molecular formula is C11H10ClFO2. The maximum Gasteiger partial charge on any atom is 0.304 e. The van der Waals surface area contributed by atoms with E-state index in [4.69, 9.17) is 16.7 Å². The van der Waals surface area contributed by atoms with Crippen LogP contribution in [0.5, 0.6) is 0 Å². The molecule has 1 aromatic rings. The van der Waals surface area contributed by atoms with Gasteiger partial charge in [0.15, 0.2) is 0 Å². The predicted molar refractivity (Wildman–Crippen MR) is 54.6 cm³/mol. The van der Waals surface area contributed by atoms with Gasteiger partial charge in [0, 0.05) is 10.4 Å². The third-order valence-electron chi connectivity index (χ3n) is 2.84. The second-order valence-electron chi connectivity index (χ2n) is 3.98. The van der Waals surface area contributed by atoms with Crippen molar-refractivity contribution in [3.8, 4) is 0 Å². The Morgan fingerprint density at radius 3 is 2.73 bits per heavy atom. The molecule has 0 saturated heterocycles. The van der Waals surface area contributed by atoms with Crippen LogP contribution in [-0.2, 0) is 10.2 Å². The smallest absolute Gasteiger partial charge is 0.304 e. The Labute approximate surface area is 91.7 Å². The van der Waals surface area contributed by atoms with Gasteiger partial charge in [-0.25, -0.2) is 4.39 Å². The van der Waals surface area contributed by atoms with E-state index in [0.717, 1.165) is 12.8 Å². The first-order chi connectivity index (χ1) is 7.03. The molecule has 2 rings (SSSR count). The molecule has 1 aliphatic rings. The van der Waals surface area contributed by atoms with Crippen LogP contribution in [0, 0.1) is 5.82 Å². The number of rotatable bonds is 3. The van der Waals surface area contributed by atoms with E-state index in [1.807, 2.05) is 0 Å². The maximum atomic E-state index is 13.5. The third kappa shape index (κ3) is 1.97. The fourth-order valence-corrected chi connectivity index (χ4v) is 2.06. The summed E-state index contributed by atoms with van der Waals surface area (Å²) in [4.78, 5) is 10.7. The summed E-state index contributed by atoms with van der Waals surface area (Å²) in [5.41, 5.74) is -0.0710. The van der Waals surface area contributed by atoms with Crippen LogP contribution in [0.15, 0.2) is 18.2 Å². The first-order valence-corrected chi connectivity index (χ1v) is 5.09. The molecule has 2 nitrogen and oxygen atoms in total. The summed E-state index contributed by atoms with van der Waals surface area (Å²) in [6, 6.07) is 4.30. The molecule has 1 saturated carbocycles. The standard InChI is InChI=1S/C11H10ClFO2/c12-7-1-2-9(13)8(5-7)11(3-4-11)6-10(14)15/h1-2,5H,3-4,6H2,(H,14,15). The highest BCUT2D eigenvalue weighted by atomic mass is 35.5. The zero-order valence-electron chi connectivity index (χ0n) is 7.96. The van der Waals surface area contributed by atoms with Gasteiger partial charge < -0.3 is 5.11 Å². The minimum atomic E-state index is -0.896. The Hall–Kier alpha value is -1.09. The fraction of sp³-hybridized carbons (Fsp3) is 0.364. The molecule has 0 radical (unpaired) electrons. The highest BCUT2D eigenvalue weighted by molar-refractivity contribution is 6.30. The van der Waals surface area contributed by atoms with Gasteiger partial charge in [-0.1, -0.05) is 11.6 Å². The van der Waals surface area contributed by atoms with Gasteiger partial charge in [-0.05, 0) is 36.6 Å². The molecule has 0 unspecified atom stereocenters. The van der Waals surface area contributed by atoms with Crippen molar-refractivity contribution in [2.75, 3.05) is 0 Å². The molecule has 0 spiro atoms. The van der Waals surface area contributed by atoms with Crippen molar-refractivity contribution in [3.05, 3.63) is 34.6 Å². The van der Waals surface area contributed by atoms with E-state index in [1.54, 1.807) is 0 Å². The monoisotopic (exact) mass is 228 g/mol. The van der Waals surface area contributed by atoms with Gasteiger partial charge >= 0.3 is 5.97 Å². The van der Waals surface area contributed by atoms with Crippen molar-refractivity contribution < 1.29 is 14.3 Å². The number of carbonyl (C=O) groups is 1. The number of halogens is 2. The maximum absolute atomic E-state index is 13.5. The molecule has 80 valence electrons. The van der Waals surface area contributed by atoms with Crippen LogP contribution < -0.4 is 0 Å². The van der Waals surface area contributed by atoms with Crippen molar-refractivity contribution in [1.82, 2.24) is 0 Å². The van der Waals surface area contributed by atoms with Gasteiger partial charge in [0.2, 0.25) is 0 Å². The quantitative estimate of drug-likeness (QED) is 0.864. The molecule has 0 amide bonds. The molecule has 15 heavy (non-hydrogen) atoms. The number of carboxylic acid groups (broad SMARTS) is 1. The van der Waals surface area contributed by atoms with Gasteiger partial charge in [0.05, 0.1) is 6.42 Å². The van der Waals surface area contributed by atoms with Crippen LogP contribution in [0.25, 0.3) is 0 Å². The van der Waals surface area contributed by atoms with Gasteiger partial charge in [0.25, 0.3) is 0 Å². The van der Waals surface area contributed by atoms with E-state index in [1.165, 1.54) is 18.2 Å². The lowest BCUT2D eigenvalue weighted by atomic mass is 9.92. The van der Waals surface area contributed by atoms with E-state index in [2.05, 4.69) is 0 Å². The van der Waals surface area contributed by atoms with Gasteiger partial charge in [-0.15, -0.1) is 0 Å². The summed E-state index contributed by atoms with van der Waals surface area (Å²) >= 11 is 5.77. The van der Waals surface area contributed by atoms with Crippen molar-refractivity contribution in [2.45, 2.75) is 24.7 Å². The van der Waals surface area contributed by atoms with Gasteiger partial charge in [-0.3, -0.25) is 4.79 Å². The lowest BCUT2D eigenvalue weighted by molar-refractivity contribution is -0.137. The normalized spacial score (nSPS) is 17.5. The molecule has 4 heteroatoms. The summed E-state index contributed by atoms with van der Waals surface area (Å²) in [5.74, 6) is -1.26. The Morgan fingerprint density at radius 2 is 2.20 bits per heavy atom. The van der Waals surface area contributed by atoms with Crippen LogP contribution in [0.3, 0.4) is 0 Å². The van der Waals surface area contributed by atoms with Crippen molar-refractivity contribution in [2.24, 2.45) is 0 Å². The van der Waals surface area contributed by atoms with E-state index in [0.29, 0.717) is 10.6 Å². The van der Waals surface area contributed by atoms with E-state index in [-0.39, 0.29) is 12.2 Å². The number of carboxylic acids is 1. The number of aliphatic carboxylic acids is 1. The molecule has 0 atom stereocenters. The Kier molecular flexibility index (Phi) is 2.43. The first-order valence-electron chi connectivity index (χ1n) is 4.71. The average molecular weight is 229 g/mol. The largest absolute Gasteiger partial charge is 0.481 e. The van der Waals surface area contributed by atoms with E-state index < -0.39 is 11.4 Å². The van der Waals surface area contributed by atoms with Crippen LogP contribution >= 0.6 is 11.6 Å². The number of hydrogen-bond donors (Lipinski definition) is 1. The summed E-state index contributed by atoms with van der Waals surface area (Å²) in [6.07, 6.45) is 1.41. The molecule has 0 bridgehead atoms. The highest BCUT2D eigenvalue weighted by Crippen LogP contribution is 2.52. The lowest BCUT2D eigenvalue weighted by Crippen LogP contribution is -2.14. The zero-order valence-corrected chi connectivity index (χ0v) is 8.72. The molecule has 1 aromatic carbocycles. The van der Waals surface area contributed by atoms with Gasteiger partial charge in [0.1, 0.15) is 5.82 Å². The lowest BCUT2D eigenvalue weighted by Gasteiger charge is -2.14. The summed E-state index contributed by atoms with van der Waals surface area (Å²) in [5, 5.41) is 9.20. The topological polar surface area (TPSA) is 37.3 Å². The van der Waals surface area contributed by atoms with Gasteiger partial charge in [-0.2, -0.15) is 0 Å². The Bertz CT molecular complexity index is 413. The zero-order chi connectivity index (χ0) is 11.1. The van der Waals surface area contributed by atoms with E-state index >= 15 is 0 Å². The predicted octanol–water partition coefficient (Wildman–Crippen LogP) is 2.99. The van der Waals surface area contributed by atoms with E-state index in [9.17, 15) is 9.18 Å². The minimum Gasteiger partial charge on any atom is -0.481 e. The van der Waals surface area contributed by atoms with Crippen LogP contribution in [-0.4, -0.2) is 11.1 Å². The Balaban J connectivity index is 2.36. The second kappa shape index (κ2) is 3.49. The summed E-state index contributed by atoms with van der Waals surface area (Å²) in [6.45, 7) is 0. The highest BCUT2D eigenvalue weighted by Gasteiger charge is 2.47. The Morgan fingerprint density at radius 1 is 1.53 bits per heavy atom. The molecule has 1 fully saturated rings. The molecule has 0 aromatic heterocycles. The fourth-order valence-electron chi connectivity index (χ4n) is 1.89. The number of benzene rings is 1. The molecule has 0 aliphatic heterocycles. The average Bonchev–Trinajstić information content (AvgIpc) is 2.89. The summed E-state index contributed by atoms with van der Waals surface area (Å²) < 4.78 is 13.5. The number of hydrogen-bond acceptors (Lipinski definition) is 1. The van der Waals surface area contributed by atoms with Crippen LogP contribution in [0.2, 0.25) is 5.02 Å². The first kappa shape index (κ1) is 10.4. The molecule has 1 aliphatic carbocycles. The van der Waals surface area contributed by atoms with Crippen LogP contribution in [0.1, 0.15) is 24.8 Å². The van der Waals surface area contributed by atoms with Crippen LogP contribution in [0.4, 0.5) is 4.39 Å². The third-order valence-corrected chi connectivity index (χ3v) is 3.08. The SMILES string of the molecule is O=C(O)CC1(c2cc(Cl)ccc2F)CC1. The van der Waals surface area contributed by atoms with Crippen molar-refractivity contribution in [1.29, 1.82) is 0 Å².